The lowest BCUT2D eigenvalue weighted by atomic mass is 10.1. The van der Waals surface area contributed by atoms with Gasteiger partial charge < -0.3 is 15.4 Å². The number of nitrogens with zero attached hydrogens (tertiary/aromatic N) is 2. The Hall–Kier alpha value is -1.13. The van der Waals surface area contributed by atoms with Crippen molar-refractivity contribution < 1.29 is 4.74 Å². The number of ether oxygens (including phenoxy) is 1. The van der Waals surface area contributed by atoms with Gasteiger partial charge in [-0.2, -0.15) is 0 Å². The highest BCUT2D eigenvalue weighted by Crippen LogP contribution is 2.28. The SMILES string of the molecule is CCC1CN(c2nc3c(cc2CN)CCC3)CCO1. The minimum Gasteiger partial charge on any atom is -0.375 e. The topological polar surface area (TPSA) is 51.4 Å². The van der Waals surface area contributed by atoms with Crippen LogP contribution in [0.4, 0.5) is 5.82 Å². The summed E-state index contributed by atoms with van der Waals surface area (Å²) in [5, 5.41) is 0. The third-order valence-corrected chi connectivity index (χ3v) is 4.22. The van der Waals surface area contributed by atoms with Crippen molar-refractivity contribution in [3.63, 3.8) is 0 Å². The smallest absolute Gasteiger partial charge is 0.133 e. The molecule has 0 saturated carbocycles. The average Bonchev–Trinajstić information content (AvgIpc) is 2.93. The summed E-state index contributed by atoms with van der Waals surface area (Å²) in [5.74, 6) is 1.10. The van der Waals surface area contributed by atoms with Gasteiger partial charge in [0, 0.05) is 30.9 Å². The zero-order valence-electron chi connectivity index (χ0n) is 11.7. The molecular formula is C15H23N3O. The van der Waals surface area contributed by atoms with E-state index in [4.69, 9.17) is 15.5 Å². The first-order valence-corrected chi connectivity index (χ1v) is 7.40. The first-order chi connectivity index (χ1) is 9.31. The fourth-order valence-corrected chi connectivity index (χ4v) is 3.09. The molecule has 2 N–H and O–H groups in total. The van der Waals surface area contributed by atoms with Crippen molar-refractivity contribution in [2.75, 3.05) is 24.6 Å². The Kier molecular flexibility index (Phi) is 3.71. The van der Waals surface area contributed by atoms with Gasteiger partial charge in [-0.1, -0.05) is 6.92 Å². The van der Waals surface area contributed by atoms with Crippen molar-refractivity contribution in [2.24, 2.45) is 5.73 Å². The summed E-state index contributed by atoms with van der Waals surface area (Å²) >= 11 is 0. The summed E-state index contributed by atoms with van der Waals surface area (Å²) in [4.78, 5) is 7.27. The maximum atomic E-state index is 5.92. The van der Waals surface area contributed by atoms with E-state index in [1.165, 1.54) is 23.2 Å². The molecule has 1 fully saturated rings. The van der Waals surface area contributed by atoms with Crippen molar-refractivity contribution >= 4 is 5.82 Å². The van der Waals surface area contributed by atoms with Crippen LogP contribution in [0.15, 0.2) is 6.07 Å². The molecule has 1 aliphatic carbocycles. The van der Waals surface area contributed by atoms with Crippen LogP contribution in [0.5, 0.6) is 0 Å². The molecule has 2 heterocycles. The number of fused-ring (bicyclic) bond motifs is 1. The van der Waals surface area contributed by atoms with Crippen molar-refractivity contribution in [2.45, 2.75) is 45.3 Å². The molecule has 4 heteroatoms. The van der Waals surface area contributed by atoms with E-state index < -0.39 is 0 Å². The normalized spacial score (nSPS) is 22.6. The molecule has 1 unspecified atom stereocenters. The van der Waals surface area contributed by atoms with E-state index in [0.29, 0.717) is 12.6 Å². The highest BCUT2D eigenvalue weighted by molar-refractivity contribution is 5.51. The molecule has 1 aliphatic heterocycles. The molecule has 0 radical (unpaired) electrons. The molecule has 0 aromatic carbocycles. The molecule has 0 bridgehead atoms. The lowest BCUT2D eigenvalue weighted by molar-refractivity contribution is 0.0381. The predicted octanol–water partition coefficient (Wildman–Crippen LogP) is 1.64. The van der Waals surface area contributed by atoms with Gasteiger partial charge in [0.15, 0.2) is 0 Å². The average molecular weight is 261 g/mol. The van der Waals surface area contributed by atoms with Gasteiger partial charge in [0.05, 0.1) is 12.7 Å². The van der Waals surface area contributed by atoms with Crippen LogP contribution in [0.2, 0.25) is 0 Å². The fraction of sp³-hybridized carbons (Fsp3) is 0.667. The van der Waals surface area contributed by atoms with Crippen LogP contribution in [-0.2, 0) is 24.1 Å². The van der Waals surface area contributed by atoms with Crippen molar-refractivity contribution in [1.82, 2.24) is 4.98 Å². The van der Waals surface area contributed by atoms with Gasteiger partial charge in [0.2, 0.25) is 0 Å². The number of hydrogen-bond acceptors (Lipinski definition) is 4. The molecule has 1 saturated heterocycles. The van der Waals surface area contributed by atoms with E-state index in [2.05, 4.69) is 17.9 Å². The third-order valence-electron chi connectivity index (χ3n) is 4.22. The van der Waals surface area contributed by atoms with Crippen molar-refractivity contribution in [1.29, 1.82) is 0 Å². The second-order valence-electron chi connectivity index (χ2n) is 5.48. The maximum Gasteiger partial charge on any atom is 0.133 e. The zero-order valence-corrected chi connectivity index (χ0v) is 11.7. The largest absolute Gasteiger partial charge is 0.375 e. The third kappa shape index (κ3) is 2.47. The summed E-state index contributed by atoms with van der Waals surface area (Å²) in [6, 6.07) is 2.28. The van der Waals surface area contributed by atoms with Gasteiger partial charge in [0.25, 0.3) is 0 Å². The van der Waals surface area contributed by atoms with E-state index in [9.17, 15) is 0 Å². The van der Waals surface area contributed by atoms with Crippen LogP contribution < -0.4 is 10.6 Å². The molecule has 0 spiro atoms. The minimum atomic E-state index is 0.328. The van der Waals surface area contributed by atoms with E-state index in [0.717, 1.165) is 44.8 Å². The fourth-order valence-electron chi connectivity index (χ4n) is 3.09. The Labute approximate surface area is 115 Å². The molecule has 3 rings (SSSR count). The van der Waals surface area contributed by atoms with Crippen LogP contribution in [0.1, 0.15) is 36.6 Å². The summed E-state index contributed by atoms with van der Waals surface area (Å²) in [6.07, 6.45) is 4.90. The number of anilines is 1. The number of aryl methyl sites for hydroxylation is 2. The van der Waals surface area contributed by atoms with Crippen molar-refractivity contribution in [3.05, 3.63) is 22.9 Å². The standard InChI is InChI=1S/C15H23N3O/c1-2-13-10-18(6-7-19-13)15-12(9-16)8-11-4-3-5-14(11)17-15/h8,13H,2-7,9-10,16H2,1H3. The number of aromatic nitrogens is 1. The first kappa shape index (κ1) is 12.9. The van der Waals surface area contributed by atoms with Gasteiger partial charge in [-0.25, -0.2) is 4.98 Å². The van der Waals surface area contributed by atoms with Gasteiger partial charge >= 0.3 is 0 Å². The Morgan fingerprint density at radius 3 is 3.16 bits per heavy atom. The molecule has 1 aromatic rings. The molecule has 1 aromatic heterocycles. The van der Waals surface area contributed by atoms with Crippen LogP contribution in [0.25, 0.3) is 0 Å². The van der Waals surface area contributed by atoms with E-state index in [1.807, 2.05) is 0 Å². The van der Waals surface area contributed by atoms with Crippen molar-refractivity contribution in [3.8, 4) is 0 Å². The van der Waals surface area contributed by atoms with Crippen LogP contribution in [0.3, 0.4) is 0 Å². The second kappa shape index (κ2) is 5.47. The Balaban J connectivity index is 1.90. The Morgan fingerprint density at radius 2 is 2.37 bits per heavy atom. The van der Waals surface area contributed by atoms with Gasteiger partial charge in [-0.3, -0.25) is 0 Å². The minimum absolute atomic E-state index is 0.328. The molecule has 4 nitrogen and oxygen atoms in total. The number of pyridine rings is 1. The maximum absolute atomic E-state index is 5.92. The molecule has 2 aliphatic rings. The highest BCUT2D eigenvalue weighted by atomic mass is 16.5. The van der Waals surface area contributed by atoms with E-state index >= 15 is 0 Å². The quantitative estimate of drug-likeness (QED) is 0.899. The Morgan fingerprint density at radius 1 is 1.47 bits per heavy atom. The number of rotatable bonds is 3. The lowest BCUT2D eigenvalue weighted by Gasteiger charge is -2.34. The summed E-state index contributed by atoms with van der Waals surface area (Å²) in [6.45, 7) is 5.41. The first-order valence-electron chi connectivity index (χ1n) is 7.40. The van der Waals surface area contributed by atoms with Crippen LogP contribution >= 0.6 is 0 Å². The van der Waals surface area contributed by atoms with E-state index in [1.54, 1.807) is 0 Å². The summed E-state index contributed by atoms with van der Waals surface area (Å²) in [7, 11) is 0. The predicted molar refractivity (Wildman–Crippen MR) is 76.4 cm³/mol. The molecule has 19 heavy (non-hydrogen) atoms. The number of morpholine rings is 1. The molecule has 104 valence electrons. The van der Waals surface area contributed by atoms with E-state index in [-0.39, 0.29) is 0 Å². The number of hydrogen-bond donors (Lipinski definition) is 1. The summed E-state index contributed by atoms with van der Waals surface area (Å²) < 4.78 is 5.74. The zero-order chi connectivity index (χ0) is 13.2. The summed E-state index contributed by atoms with van der Waals surface area (Å²) in [5.41, 5.74) is 9.80. The molecule has 1 atom stereocenters. The van der Waals surface area contributed by atoms with Gasteiger partial charge in [-0.05, 0) is 37.3 Å². The van der Waals surface area contributed by atoms with Crippen LogP contribution in [0, 0.1) is 0 Å². The lowest BCUT2D eigenvalue weighted by Crippen LogP contribution is -2.43. The van der Waals surface area contributed by atoms with Gasteiger partial charge in [0.1, 0.15) is 5.82 Å². The van der Waals surface area contributed by atoms with Crippen LogP contribution in [-0.4, -0.2) is 30.8 Å². The monoisotopic (exact) mass is 261 g/mol. The highest BCUT2D eigenvalue weighted by Gasteiger charge is 2.24. The second-order valence-corrected chi connectivity index (χ2v) is 5.48. The number of nitrogens with two attached hydrogens (primary N) is 1. The van der Waals surface area contributed by atoms with Gasteiger partial charge in [-0.15, -0.1) is 0 Å². The molecular weight excluding hydrogens is 238 g/mol. The molecule has 0 amide bonds. The Bertz CT molecular complexity index is 461.